The van der Waals surface area contributed by atoms with Crippen LogP contribution in [0.4, 0.5) is 0 Å². The molecule has 0 amide bonds. The van der Waals surface area contributed by atoms with Crippen LogP contribution in [0.2, 0.25) is 5.02 Å². The molecule has 1 aliphatic rings. The van der Waals surface area contributed by atoms with Crippen molar-refractivity contribution < 1.29 is 0 Å². The molecule has 92 valence electrons. The van der Waals surface area contributed by atoms with Gasteiger partial charge in [0.1, 0.15) is 0 Å². The highest BCUT2D eigenvalue weighted by Crippen LogP contribution is 2.24. The van der Waals surface area contributed by atoms with E-state index in [1.54, 1.807) is 11.8 Å². The van der Waals surface area contributed by atoms with Gasteiger partial charge >= 0.3 is 0 Å². The lowest BCUT2D eigenvalue weighted by Gasteiger charge is -2.22. The van der Waals surface area contributed by atoms with Gasteiger partial charge < -0.3 is 5.32 Å². The average molecular weight is 269 g/mol. The van der Waals surface area contributed by atoms with Crippen molar-refractivity contribution in [3.63, 3.8) is 0 Å². The van der Waals surface area contributed by atoms with Gasteiger partial charge in [0.15, 0.2) is 5.17 Å². The zero-order valence-electron chi connectivity index (χ0n) is 10.1. The maximum absolute atomic E-state index is 6.18. The van der Waals surface area contributed by atoms with Gasteiger partial charge in [-0.25, -0.2) is 0 Å². The van der Waals surface area contributed by atoms with Crippen molar-refractivity contribution in [2.75, 3.05) is 5.75 Å². The van der Waals surface area contributed by atoms with Gasteiger partial charge in [-0.2, -0.15) is 0 Å². The molecule has 2 rings (SSSR count). The summed E-state index contributed by atoms with van der Waals surface area (Å²) in [5, 5.41) is 5.28. The molecule has 1 N–H and O–H groups in total. The van der Waals surface area contributed by atoms with E-state index in [-0.39, 0.29) is 6.04 Å². The maximum Gasteiger partial charge on any atom is 0.157 e. The lowest BCUT2D eigenvalue weighted by molar-refractivity contribution is 0.683. The summed E-state index contributed by atoms with van der Waals surface area (Å²) in [4.78, 5) is 4.60. The van der Waals surface area contributed by atoms with Crippen LogP contribution in [-0.2, 0) is 0 Å². The first kappa shape index (κ1) is 12.8. The molecule has 4 heteroatoms. The van der Waals surface area contributed by atoms with Gasteiger partial charge in [0, 0.05) is 10.8 Å². The Morgan fingerprint density at radius 3 is 2.94 bits per heavy atom. The average Bonchev–Trinajstić information content (AvgIpc) is 2.29. The molecular weight excluding hydrogens is 252 g/mol. The van der Waals surface area contributed by atoms with E-state index in [1.165, 1.54) is 0 Å². The molecular formula is C13H17ClN2S. The minimum absolute atomic E-state index is 0.195. The summed E-state index contributed by atoms with van der Waals surface area (Å²) >= 11 is 7.97. The molecule has 2 nitrogen and oxygen atoms in total. The van der Waals surface area contributed by atoms with E-state index in [4.69, 9.17) is 11.6 Å². The number of aliphatic imine (C=N–C) groups is 1. The van der Waals surface area contributed by atoms with E-state index in [0.717, 1.165) is 27.9 Å². The van der Waals surface area contributed by atoms with Crippen LogP contribution in [0.25, 0.3) is 0 Å². The van der Waals surface area contributed by atoms with E-state index in [2.05, 4.69) is 30.2 Å². The molecule has 0 bridgehead atoms. The highest BCUT2D eigenvalue weighted by atomic mass is 35.5. The second-order valence-electron chi connectivity index (χ2n) is 4.31. The third-order valence-corrected chi connectivity index (χ3v) is 4.10. The van der Waals surface area contributed by atoms with E-state index in [1.807, 2.05) is 18.2 Å². The van der Waals surface area contributed by atoms with Gasteiger partial charge in [-0.1, -0.05) is 41.6 Å². The molecule has 0 saturated heterocycles. The Balaban J connectivity index is 2.07. The summed E-state index contributed by atoms with van der Waals surface area (Å²) in [6, 6.07) is 8.56. The van der Waals surface area contributed by atoms with Crippen molar-refractivity contribution in [1.29, 1.82) is 0 Å². The molecule has 1 aromatic carbocycles. The van der Waals surface area contributed by atoms with Crippen LogP contribution in [0.1, 0.15) is 31.9 Å². The second-order valence-corrected chi connectivity index (χ2v) is 5.80. The fraction of sp³-hybridized carbons (Fsp3) is 0.462. The molecule has 1 heterocycles. The largest absolute Gasteiger partial charge is 0.358 e. The van der Waals surface area contributed by atoms with Crippen LogP contribution in [0, 0.1) is 0 Å². The molecule has 2 unspecified atom stereocenters. The SMILES string of the molecule is CC1CCSC(NC(C)c2ccccc2Cl)=N1. The zero-order valence-corrected chi connectivity index (χ0v) is 11.7. The number of hydrogen-bond acceptors (Lipinski definition) is 3. The topological polar surface area (TPSA) is 24.4 Å². The van der Waals surface area contributed by atoms with E-state index in [9.17, 15) is 0 Å². The van der Waals surface area contributed by atoms with Crippen LogP contribution in [0.5, 0.6) is 0 Å². The van der Waals surface area contributed by atoms with Crippen molar-refractivity contribution in [3.8, 4) is 0 Å². The quantitative estimate of drug-likeness (QED) is 0.881. The Morgan fingerprint density at radius 2 is 2.24 bits per heavy atom. The minimum Gasteiger partial charge on any atom is -0.358 e. The van der Waals surface area contributed by atoms with Crippen molar-refractivity contribution in [3.05, 3.63) is 34.9 Å². The minimum atomic E-state index is 0.195. The Labute approximate surface area is 112 Å². The van der Waals surface area contributed by atoms with Crippen molar-refractivity contribution in [2.24, 2.45) is 4.99 Å². The summed E-state index contributed by atoms with van der Waals surface area (Å²) < 4.78 is 0. The molecule has 1 aliphatic heterocycles. The van der Waals surface area contributed by atoms with Crippen LogP contribution in [0.3, 0.4) is 0 Å². The molecule has 0 radical (unpaired) electrons. The van der Waals surface area contributed by atoms with E-state index in [0.29, 0.717) is 6.04 Å². The van der Waals surface area contributed by atoms with Gasteiger partial charge in [-0.3, -0.25) is 4.99 Å². The Hall–Kier alpha value is -0.670. The Bertz CT molecular complexity index is 420. The Kier molecular flexibility index (Phi) is 4.35. The van der Waals surface area contributed by atoms with Gasteiger partial charge in [0.2, 0.25) is 0 Å². The lowest BCUT2D eigenvalue weighted by atomic mass is 10.1. The molecule has 0 saturated carbocycles. The van der Waals surface area contributed by atoms with Crippen LogP contribution < -0.4 is 5.32 Å². The highest BCUT2D eigenvalue weighted by molar-refractivity contribution is 8.13. The fourth-order valence-electron chi connectivity index (χ4n) is 1.80. The first-order valence-electron chi connectivity index (χ1n) is 5.88. The predicted molar refractivity (Wildman–Crippen MR) is 77.0 cm³/mol. The van der Waals surface area contributed by atoms with Gasteiger partial charge in [-0.05, 0) is 31.9 Å². The summed E-state index contributed by atoms with van der Waals surface area (Å²) in [5.41, 5.74) is 1.12. The van der Waals surface area contributed by atoms with E-state index >= 15 is 0 Å². The number of hydrogen-bond donors (Lipinski definition) is 1. The third-order valence-electron chi connectivity index (χ3n) is 2.82. The molecule has 2 atom stereocenters. The second kappa shape index (κ2) is 5.78. The van der Waals surface area contributed by atoms with Gasteiger partial charge in [-0.15, -0.1) is 0 Å². The predicted octanol–water partition coefficient (Wildman–Crippen LogP) is 3.87. The summed E-state index contributed by atoms with van der Waals surface area (Å²) in [7, 11) is 0. The first-order valence-corrected chi connectivity index (χ1v) is 7.24. The van der Waals surface area contributed by atoms with Crippen molar-refractivity contribution in [2.45, 2.75) is 32.4 Å². The molecule has 0 aliphatic carbocycles. The maximum atomic E-state index is 6.18. The van der Waals surface area contributed by atoms with Crippen LogP contribution in [-0.4, -0.2) is 17.0 Å². The number of nitrogens with one attached hydrogen (secondary N) is 1. The number of rotatable bonds is 2. The van der Waals surface area contributed by atoms with Crippen molar-refractivity contribution >= 4 is 28.5 Å². The summed E-state index contributed by atoms with van der Waals surface area (Å²) in [6.45, 7) is 4.27. The monoisotopic (exact) mass is 268 g/mol. The first-order chi connectivity index (χ1) is 8.16. The lowest BCUT2D eigenvalue weighted by Crippen LogP contribution is -2.28. The summed E-state index contributed by atoms with van der Waals surface area (Å²) in [6.07, 6.45) is 1.16. The zero-order chi connectivity index (χ0) is 12.3. The number of amidine groups is 1. The normalized spacial score (nSPS) is 21.8. The van der Waals surface area contributed by atoms with Gasteiger partial charge in [0.25, 0.3) is 0 Å². The number of thioether (sulfide) groups is 1. The molecule has 0 fully saturated rings. The molecule has 0 spiro atoms. The smallest absolute Gasteiger partial charge is 0.157 e. The Morgan fingerprint density at radius 1 is 1.47 bits per heavy atom. The van der Waals surface area contributed by atoms with Crippen LogP contribution >= 0.6 is 23.4 Å². The highest BCUT2D eigenvalue weighted by Gasteiger charge is 2.15. The molecule has 17 heavy (non-hydrogen) atoms. The number of nitrogens with zero attached hydrogens (tertiary/aromatic N) is 1. The molecule has 0 aromatic heterocycles. The number of halogens is 1. The summed E-state index contributed by atoms with van der Waals surface area (Å²) in [5.74, 6) is 1.14. The van der Waals surface area contributed by atoms with E-state index < -0.39 is 0 Å². The van der Waals surface area contributed by atoms with Crippen molar-refractivity contribution in [1.82, 2.24) is 5.32 Å². The standard InChI is InChI=1S/C13H17ClN2S/c1-9-7-8-17-13(15-9)16-10(2)11-5-3-4-6-12(11)14/h3-6,9-10H,7-8H2,1-2H3,(H,15,16). The van der Waals surface area contributed by atoms with Gasteiger partial charge in [0.05, 0.1) is 12.1 Å². The fourth-order valence-corrected chi connectivity index (χ4v) is 3.26. The van der Waals surface area contributed by atoms with Crippen LogP contribution in [0.15, 0.2) is 29.3 Å². The third kappa shape index (κ3) is 3.39. The molecule has 1 aromatic rings. The number of benzene rings is 1.